The van der Waals surface area contributed by atoms with Crippen molar-refractivity contribution in [3.05, 3.63) is 35.4 Å². The zero-order valence-electron chi connectivity index (χ0n) is 9.13. The predicted octanol–water partition coefficient (Wildman–Crippen LogP) is 1.63. The minimum absolute atomic E-state index is 0. The van der Waals surface area contributed by atoms with Crippen LogP contribution in [0.15, 0.2) is 24.3 Å². The molecule has 0 saturated heterocycles. The predicted molar refractivity (Wildman–Crippen MR) is 63.3 cm³/mol. The highest BCUT2D eigenvalue weighted by atomic mass is 16.5. The fourth-order valence-electron chi connectivity index (χ4n) is 1.13. The Balaban J connectivity index is 0.00000256. The van der Waals surface area contributed by atoms with Crippen LogP contribution in [0.3, 0.4) is 0 Å². The van der Waals surface area contributed by atoms with Crippen molar-refractivity contribution in [1.82, 2.24) is 5.32 Å². The van der Waals surface area contributed by atoms with Crippen LogP contribution in [0.2, 0.25) is 0 Å². The molecular weight excluding hydrogens is 206 g/mol. The van der Waals surface area contributed by atoms with Crippen LogP contribution in [0.25, 0.3) is 0 Å². The first kappa shape index (κ1) is 11.9. The van der Waals surface area contributed by atoms with E-state index in [4.69, 9.17) is 15.6 Å². The Kier molecular flexibility index (Phi) is 3.77. The topological polar surface area (TPSA) is 86.0 Å². The molecule has 0 radical (unpaired) electrons. The number of rotatable bonds is 2. The highest BCUT2D eigenvalue weighted by Gasteiger charge is 2.06. The van der Waals surface area contributed by atoms with Gasteiger partial charge in [0.1, 0.15) is 0 Å². The van der Waals surface area contributed by atoms with Crippen LogP contribution in [-0.2, 0) is 4.74 Å². The molecule has 1 aromatic carbocycles. The third-order valence-electron chi connectivity index (χ3n) is 1.89. The van der Waals surface area contributed by atoms with Crippen molar-refractivity contribution in [2.24, 2.45) is 0 Å². The lowest BCUT2D eigenvalue weighted by molar-refractivity contribution is 0.0963. The summed E-state index contributed by atoms with van der Waals surface area (Å²) in [6.45, 7) is 1.45. The Hall–Kier alpha value is -2.17. The molecule has 16 heavy (non-hydrogen) atoms. The van der Waals surface area contributed by atoms with Crippen LogP contribution in [0.1, 0.15) is 24.3 Å². The second-order valence-corrected chi connectivity index (χ2v) is 3.14. The molecule has 0 bridgehead atoms. The first-order valence-electron chi connectivity index (χ1n) is 4.68. The van der Waals surface area contributed by atoms with Crippen molar-refractivity contribution in [1.29, 1.82) is 10.8 Å². The monoisotopic (exact) mass is 221 g/mol. The highest BCUT2D eigenvalue weighted by Crippen LogP contribution is 2.06. The Morgan fingerprint density at radius 2 is 1.75 bits per heavy atom. The summed E-state index contributed by atoms with van der Waals surface area (Å²) in [4.78, 5) is 11.2. The van der Waals surface area contributed by atoms with E-state index in [1.807, 2.05) is 0 Å². The van der Waals surface area contributed by atoms with Crippen molar-refractivity contribution in [2.45, 2.75) is 6.92 Å². The number of hydrogen-bond donors (Lipinski definition) is 3. The quantitative estimate of drug-likeness (QED) is 0.523. The summed E-state index contributed by atoms with van der Waals surface area (Å²) >= 11 is 0. The zero-order valence-corrected chi connectivity index (χ0v) is 9.13. The van der Waals surface area contributed by atoms with Gasteiger partial charge in [-0.15, -0.1) is 0 Å². The molecule has 1 aromatic rings. The molecule has 5 nitrogen and oxygen atoms in total. The fourth-order valence-corrected chi connectivity index (χ4v) is 1.13. The lowest BCUT2D eigenvalue weighted by Gasteiger charge is -2.05. The number of amides is 1. The molecule has 5 heteroatoms. The molecule has 0 atom stereocenters. The fraction of sp³-hybridized carbons (Fsp3) is 0.182. The number of hydrogen-bond acceptors (Lipinski definition) is 4. The molecule has 1 rings (SSSR count). The van der Waals surface area contributed by atoms with Crippen molar-refractivity contribution in [3.63, 3.8) is 0 Å². The second kappa shape index (κ2) is 5.06. The largest absolute Gasteiger partial charge is 0.426 e. The van der Waals surface area contributed by atoms with E-state index in [1.165, 1.54) is 6.92 Å². The molecule has 0 spiro atoms. The Morgan fingerprint density at radius 1 is 1.25 bits per heavy atom. The molecule has 0 aliphatic carbocycles. The molecule has 0 heterocycles. The Labute approximate surface area is 94.9 Å². The number of carbonyl (C=O) groups excluding carboxylic acids is 1. The number of ether oxygens (including phenoxy) is 1. The maximum Gasteiger partial charge on any atom is 0.251 e. The van der Waals surface area contributed by atoms with E-state index in [9.17, 15) is 4.79 Å². The van der Waals surface area contributed by atoms with Crippen molar-refractivity contribution >= 4 is 17.7 Å². The van der Waals surface area contributed by atoms with Crippen LogP contribution in [0, 0.1) is 10.8 Å². The highest BCUT2D eigenvalue weighted by molar-refractivity contribution is 6.00. The summed E-state index contributed by atoms with van der Waals surface area (Å²) in [5, 5.41) is 17.1. The molecule has 3 N–H and O–H groups in total. The van der Waals surface area contributed by atoms with Gasteiger partial charge < -0.3 is 10.1 Å². The van der Waals surface area contributed by atoms with Gasteiger partial charge in [-0.05, 0) is 24.3 Å². The molecule has 0 fully saturated rings. The standard InChI is InChI=1S/C11H13N3O2.H2/c1-7(12)16-10(13)8-3-5-9(6-4-8)11(15)14-2;/h3-6,12-13H,1-2H3,(H,14,15);1H. The minimum Gasteiger partial charge on any atom is -0.426 e. The Bertz CT molecular complexity index is 429. The summed E-state index contributed by atoms with van der Waals surface area (Å²) in [6.07, 6.45) is 0. The number of benzene rings is 1. The first-order valence-corrected chi connectivity index (χ1v) is 4.68. The van der Waals surface area contributed by atoms with Crippen LogP contribution >= 0.6 is 0 Å². The molecule has 0 aliphatic heterocycles. The summed E-state index contributed by atoms with van der Waals surface area (Å²) in [5.41, 5.74) is 1.05. The van der Waals surface area contributed by atoms with Gasteiger partial charge in [0.2, 0.25) is 5.90 Å². The average molecular weight is 221 g/mol. The summed E-state index contributed by atoms with van der Waals surface area (Å²) in [5.74, 6) is -0.321. The van der Waals surface area contributed by atoms with Gasteiger partial charge in [-0.3, -0.25) is 15.6 Å². The van der Waals surface area contributed by atoms with Gasteiger partial charge >= 0.3 is 0 Å². The maximum absolute atomic E-state index is 11.2. The molecule has 0 saturated carbocycles. The molecular formula is C11H15N3O2. The van der Waals surface area contributed by atoms with E-state index in [1.54, 1.807) is 31.3 Å². The van der Waals surface area contributed by atoms with Gasteiger partial charge in [0.15, 0.2) is 5.90 Å². The smallest absolute Gasteiger partial charge is 0.251 e. The molecule has 1 amide bonds. The van der Waals surface area contributed by atoms with E-state index in [0.717, 1.165) is 0 Å². The SMILES string of the molecule is CNC(=O)c1ccc(C(=N)OC(C)=N)cc1.[HH]. The summed E-state index contributed by atoms with van der Waals surface area (Å²) in [7, 11) is 1.56. The summed E-state index contributed by atoms with van der Waals surface area (Å²) in [6, 6.07) is 6.42. The lowest BCUT2D eigenvalue weighted by atomic mass is 10.1. The van der Waals surface area contributed by atoms with Gasteiger partial charge in [-0.1, -0.05) is 0 Å². The second-order valence-electron chi connectivity index (χ2n) is 3.14. The normalized spacial score (nSPS) is 9.38. The van der Waals surface area contributed by atoms with Crippen LogP contribution in [0.5, 0.6) is 0 Å². The lowest BCUT2D eigenvalue weighted by Crippen LogP contribution is -2.18. The van der Waals surface area contributed by atoms with Crippen molar-refractivity contribution < 1.29 is 11.0 Å². The average Bonchev–Trinajstić information content (AvgIpc) is 2.27. The molecule has 86 valence electrons. The van der Waals surface area contributed by atoms with E-state index in [-0.39, 0.29) is 19.1 Å². The third-order valence-corrected chi connectivity index (χ3v) is 1.89. The zero-order chi connectivity index (χ0) is 12.1. The number of nitrogens with one attached hydrogen (secondary N) is 3. The molecule has 0 aliphatic rings. The first-order chi connectivity index (χ1) is 7.54. The van der Waals surface area contributed by atoms with Crippen LogP contribution in [-0.4, -0.2) is 24.8 Å². The van der Waals surface area contributed by atoms with Crippen molar-refractivity contribution in [2.75, 3.05) is 7.05 Å². The van der Waals surface area contributed by atoms with E-state index < -0.39 is 0 Å². The Morgan fingerprint density at radius 3 is 2.19 bits per heavy atom. The van der Waals surface area contributed by atoms with Crippen LogP contribution < -0.4 is 5.32 Å². The van der Waals surface area contributed by atoms with Gasteiger partial charge in [0, 0.05) is 26.5 Å². The maximum atomic E-state index is 11.2. The van der Waals surface area contributed by atoms with Crippen molar-refractivity contribution in [3.8, 4) is 0 Å². The van der Waals surface area contributed by atoms with E-state index in [0.29, 0.717) is 11.1 Å². The molecule has 0 aromatic heterocycles. The van der Waals surface area contributed by atoms with Gasteiger partial charge in [0.05, 0.1) is 0 Å². The van der Waals surface area contributed by atoms with Crippen LogP contribution in [0.4, 0.5) is 0 Å². The van der Waals surface area contributed by atoms with Gasteiger partial charge in [-0.2, -0.15) is 0 Å². The van der Waals surface area contributed by atoms with E-state index >= 15 is 0 Å². The van der Waals surface area contributed by atoms with E-state index in [2.05, 4.69) is 5.32 Å². The summed E-state index contributed by atoms with van der Waals surface area (Å²) < 4.78 is 4.83. The third kappa shape index (κ3) is 2.91. The minimum atomic E-state index is -0.178. The molecule has 0 unspecified atom stereocenters. The van der Waals surface area contributed by atoms with Gasteiger partial charge in [-0.25, -0.2) is 0 Å². The number of carbonyl (C=O) groups is 1. The van der Waals surface area contributed by atoms with Gasteiger partial charge in [0.25, 0.3) is 5.91 Å².